The van der Waals surface area contributed by atoms with E-state index in [1.165, 1.54) is 6.07 Å². The number of hydrogen-bond donors (Lipinski definition) is 2. The van der Waals surface area contributed by atoms with Crippen LogP contribution in [0.1, 0.15) is 50.4 Å². The third kappa shape index (κ3) is 4.36. The Kier molecular flexibility index (Phi) is 5.66. The monoisotopic (exact) mass is 393 g/mol. The lowest BCUT2D eigenvalue weighted by molar-refractivity contribution is 0.0897. The zero-order chi connectivity index (χ0) is 19.8. The summed E-state index contributed by atoms with van der Waals surface area (Å²) >= 11 is 0. The van der Waals surface area contributed by atoms with Gasteiger partial charge >= 0.3 is 0 Å². The van der Waals surface area contributed by atoms with Crippen LogP contribution in [0.4, 0.5) is 0 Å². The Morgan fingerprint density at radius 2 is 1.89 bits per heavy atom. The van der Waals surface area contributed by atoms with Crippen molar-refractivity contribution in [2.24, 2.45) is 23.5 Å². The van der Waals surface area contributed by atoms with E-state index >= 15 is 0 Å². The van der Waals surface area contributed by atoms with E-state index in [0.717, 1.165) is 19.3 Å². The number of sulfonamides is 1. The van der Waals surface area contributed by atoms with E-state index in [2.05, 4.69) is 19.2 Å². The highest BCUT2D eigenvalue weighted by Gasteiger charge is 2.41. The van der Waals surface area contributed by atoms with Crippen LogP contribution >= 0.6 is 0 Å². The summed E-state index contributed by atoms with van der Waals surface area (Å²) in [6.45, 7) is 7.53. The fourth-order valence-electron chi connectivity index (χ4n) is 4.12. The number of hydrogen-bond acceptors (Lipinski definition) is 4. The molecule has 7 heteroatoms. The molecule has 1 saturated carbocycles. The summed E-state index contributed by atoms with van der Waals surface area (Å²) in [5, 5.41) is 3.02. The molecule has 2 fully saturated rings. The standard InChI is InChI=1S/C20H31N3O3S/c1-14-9-15(2)12-23(11-14)27(25,26)18-6-4-5-16(10-18)19(24)22-20(3,13-21)17-7-8-17/h4-6,10,14-15,17H,7-9,11-13,21H2,1-3H3,(H,22,24). The van der Waals surface area contributed by atoms with Crippen molar-refractivity contribution in [3.8, 4) is 0 Å². The van der Waals surface area contributed by atoms with Crippen LogP contribution < -0.4 is 11.1 Å². The Balaban J connectivity index is 1.81. The number of nitrogens with two attached hydrogens (primary N) is 1. The molecular weight excluding hydrogens is 362 g/mol. The molecule has 1 saturated heterocycles. The second kappa shape index (κ2) is 7.53. The van der Waals surface area contributed by atoms with E-state index < -0.39 is 15.6 Å². The molecule has 3 rings (SSSR count). The Labute approximate surface area is 162 Å². The van der Waals surface area contributed by atoms with Crippen molar-refractivity contribution in [2.45, 2.75) is 50.5 Å². The second-order valence-corrected chi connectivity index (χ2v) is 10.6. The van der Waals surface area contributed by atoms with E-state index in [-0.39, 0.29) is 10.8 Å². The third-order valence-electron chi connectivity index (χ3n) is 5.87. The van der Waals surface area contributed by atoms with Crippen LogP contribution in [0, 0.1) is 17.8 Å². The Hall–Kier alpha value is -1.44. The number of piperidine rings is 1. The summed E-state index contributed by atoms with van der Waals surface area (Å²) in [6, 6.07) is 6.34. The van der Waals surface area contributed by atoms with Gasteiger partial charge in [-0.3, -0.25) is 4.79 Å². The van der Waals surface area contributed by atoms with Gasteiger partial charge < -0.3 is 11.1 Å². The molecule has 1 aliphatic carbocycles. The van der Waals surface area contributed by atoms with Gasteiger partial charge in [-0.05, 0) is 62.1 Å². The van der Waals surface area contributed by atoms with Crippen LogP contribution in [0.2, 0.25) is 0 Å². The quantitative estimate of drug-likeness (QED) is 0.775. The van der Waals surface area contributed by atoms with Crippen LogP contribution in [0.5, 0.6) is 0 Å². The molecule has 0 spiro atoms. The Bertz CT molecular complexity index is 796. The molecule has 3 N–H and O–H groups in total. The van der Waals surface area contributed by atoms with Gasteiger partial charge in [0.05, 0.1) is 10.4 Å². The number of rotatable bonds is 6. The van der Waals surface area contributed by atoms with Crippen molar-refractivity contribution >= 4 is 15.9 Å². The predicted molar refractivity (Wildman–Crippen MR) is 106 cm³/mol. The average Bonchev–Trinajstić information content (AvgIpc) is 3.46. The molecule has 1 aliphatic heterocycles. The molecule has 0 aromatic heterocycles. The van der Waals surface area contributed by atoms with Crippen molar-refractivity contribution in [3.63, 3.8) is 0 Å². The number of nitrogens with zero attached hydrogens (tertiary/aromatic N) is 1. The van der Waals surface area contributed by atoms with E-state index in [1.54, 1.807) is 22.5 Å². The van der Waals surface area contributed by atoms with Crippen LogP contribution in [0.25, 0.3) is 0 Å². The van der Waals surface area contributed by atoms with Crippen molar-refractivity contribution in [1.82, 2.24) is 9.62 Å². The average molecular weight is 394 g/mol. The molecule has 2 aliphatic rings. The highest BCUT2D eigenvalue weighted by molar-refractivity contribution is 7.89. The lowest BCUT2D eigenvalue weighted by Gasteiger charge is -2.34. The number of benzene rings is 1. The first-order valence-electron chi connectivity index (χ1n) is 9.78. The third-order valence-corrected chi connectivity index (χ3v) is 7.70. The summed E-state index contributed by atoms with van der Waals surface area (Å²) < 4.78 is 27.7. The minimum Gasteiger partial charge on any atom is -0.345 e. The summed E-state index contributed by atoms with van der Waals surface area (Å²) in [6.07, 6.45) is 3.16. The Morgan fingerprint density at radius 1 is 1.26 bits per heavy atom. The maximum absolute atomic E-state index is 13.1. The molecular formula is C20H31N3O3S. The van der Waals surface area contributed by atoms with Gasteiger partial charge in [-0.25, -0.2) is 8.42 Å². The van der Waals surface area contributed by atoms with Gasteiger partial charge in [-0.15, -0.1) is 0 Å². The molecule has 0 bridgehead atoms. The maximum Gasteiger partial charge on any atom is 0.251 e. The summed E-state index contributed by atoms with van der Waals surface area (Å²) in [5.74, 6) is 0.791. The van der Waals surface area contributed by atoms with Gasteiger partial charge in [0, 0.05) is 25.2 Å². The fraction of sp³-hybridized carbons (Fsp3) is 0.650. The van der Waals surface area contributed by atoms with Crippen LogP contribution in [0.15, 0.2) is 29.2 Å². The molecule has 0 radical (unpaired) electrons. The molecule has 3 unspecified atom stereocenters. The zero-order valence-corrected chi connectivity index (χ0v) is 17.3. The minimum absolute atomic E-state index is 0.178. The molecule has 1 aromatic rings. The SMILES string of the molecule is CC1CC(C)CN(S(=O)(=O)c2cccc(C(=O)NC(C)(CN)C3CC3)c2)C1. The normalized spacial score (nSPS) is 26.4. The van der Waals surface area contributed by atoms with Crippen molar-refractivity contribution in [3.05, 3.63) is 29.8 Å². The Morgan fingerprint density at radius 3 is 2.44 bits per heavy atom. The van der Waals surface area contributed by atoms with Crippen LogP contribution in [0.3, 0.4) is 0 Å². The molecule has 1 heterocycles. The number of amides is 1. The summed E-state index contributed by atoms with van der Waals surface area (Å²) in [5.41, 5.74) is 5.79. The van der Waals surface area contributed by atoms with Gasteiger partial charge in [0.1, 0.15) is 0 Å². The van der Waals surface area contributed by atoms with Crippen molar-refractivity contribution in [1.29, 1.82) is 0 Å². The number of carbonyl (C=O) groups excluding carboxylic acids is 1. The van der Waals surface area contributed by atoms with E-state index in [1.807, 2.05) is 6.92 Å². The molecule has 1 amide bonds. The highest BCUT2D eigenvalue weighted by Crippen LogP contribution is 2.39. The van der Waals surface area contributed by atoms with Crippen molar-refractivity contribution in [2.75, 3.05) is 19.6 Å². The molecule has 1 aromatic carbocycles. The van der Waals surface area contributed by atoms with Gasteiger partial charge in [0.25, 0.3) is 5.91 Å². The lowest BCUT2D eigenvalue weighted by atomic mass is 9.94. The first kappa shape index (κ1) is 20.3. The summed E-state index contributed by atoms with van der Waals surface area (Å²) in [7, 11) is -3.61. The first-order valence-corrected chi connectivity index (χ1v) is 11.2. The summed E-state index contributed by atoms with van der Waals surface area (Å²) in [4.78, 5) is 12.9. The van der Waals surface area contributed by atoms with Crippen LogP contribution in [-0.4, -0.2) is 43.8 Å². The first-order chi connectivity index (χ1) is 12.7. The highest BCUT2D eigenvalue weighted by atomic mass is 32.2. The van der Waals surface area contributed by atoms with Gasteiger partial charge in [-0.2, -0.15) is 4.31 Å². The largest absolute Gasteiger partial charge is 0.345 e. The van der Waals surface area contributed by atoms with E-state index in [4.69, 9.17) is 5.73 Å². The predicted octanol–water partition coefficient (Wildman–Crippen LogP) is 2.21. The zero-order valence-electron chi connectivity index (χ0n) is 16.4. The van der Waals surface area contributed by atoms with E-state index in [9.17, 15) is 13.2 Å². The topological polar surface area (TPSA) is 92.5 Å². The van der Waals surface area contributed by atoms with Crippen molar-refractivity contribution < 1.29 is 13.2 Å². The molecule has 150 valence electrons. The van der Waals surface area contributed by atoms with Gasteiger partial charge in [0.15, 0.2) is 0 Å². The van der Waals surface area contributed by atoms with Gasteiger partial charge in [0.2, 0.25) is 10.0 Å². The van der Waals surface area contributed by atoms with Crippen LogP contribution in [-0.2, 0) is 10.0 Å². The second-order valence-electron chi connectivity index (χ2n) is 8.65. The maximum atomic E-state index is 13.1. The smallest absolute Gasteiger partial charge is 0.251 e. The molecule has 6 nitrogen and oxygen atoms in total. The number of carbonyl (C=O) groups is 1. The van der Waals surface area contributed by atoms with E-state index in [0.29, 0.717) is 43.0 Å². The molecule has 27 heavy (non-hydrogen) atoms. The minimum atomic E-state index is -3.61. The fourth-order valence-corrected chi connectivity index (χ4v) is 5.85. The van der Waals surface area contributed by atoms with Gasteiger partial charge in [-0.1, -0.05) is 19.9 Å². The number of nitrogens with one attached hydrogen (secondary N) is 1. The lowest BCUT2D eigenvalue weighted by Crippen LogP contribution is -2.53. The molecule has 3 atom stereocenters.